The van der Waals surface area contributed by atoms with E-state index in [0.717, 1.165) is 18.4 Å². The number of amides is 3. The summed E-state index contributed by atoms with van der Waals surface area (Å²) in [5, 5.41) is 26.9. The largest absolute Gasteiger partial charge is 0.508 e. The lowest BCUT2D eigenvalue weighted by molar-refractivity contribution is -0.146. The van der Waals surface area contributed by atoms with Crippen molar-refractivity contribution < 1.29 is 24.6 Å². The van der Waals surface area contributed by atoms with Gasteiger partial charge >= 0.3 is 0 Å². The number of aliphatic hydroxyl groups is 1. The lowest BCUT2D eigenvalue weighted by Crippen LogP contribution is -2.56. The zero-order valence-electron chi connectivity index (χ0n) is 20.4. The number of hydrogen-bond acceptors (Lipinski definition) is 6. The van der Waals surface area contributed by atoms with Gasteiger partial charge in [-0.25, -0.2) is 0 Å². The van der Waals surface area contributed by atoms with Crippen LogP contribution in [0.5, 0.6) is 5.75 Å². The number of likely N-dealkylation sites (tertiary alicyclic amines) is 1. The molecule has 1 aliphatic heterocycles. The molecule has 3 amide bonds. The van der Waals surface area contributed by atoms with Crippen LogP contribution in [-0.4, -0.2) is 70.2 Å². The summed E-state index contributed by atoms with van der Waals surface area (Å²) >= 11 is 0. The van der Waals surface area contributed by atoms with Crippen molar-refractivity contribution in [2.45, 2.75) is 56.8 Å². The first kappa shape index (κ1) is 25.7. The van der Waals surface area contributed by atoms with E-state index >= 15 is 0 Å². The molecule has 1 saturated heterocycles. The van der Waals surface area contributed by atoms with E-state index in [1.165, 1.54) is 11.0 Å². The van der Waals surface area contributed by atoms with E-state index in [2.05, 4.69) is 10.6 Å². The monoisotopic (exact) mass is 494 g/mol. The molecule has 9 nitrogen and oxygen atoms in total. The van der Waals surface area contributed by atoms with Crippen molar-refractivity contribution in [1.29, 1.82) is 0 Å². The Morgan fingerprint density at radius 2 is 1.83 bits per heavy atom. The topological polar surface area (TPSA) is 145 Å². The molecule has 2 aromatic carbocycles. The highest BCUT2D eigenvalue weighted by molar-refractivity contribution is 5.97. The van der Waals surface area contributed by atoms with Crippen LogP contribution in [0.15, 0.2) is 48.5 Å². The lowest BCUT2D eigenvalue weighted by atomic mass is 9.98. The molecule has 0 spiro atoms. The van der Waals surface area contributed by atoms with Crippen LogP contribution in [0, 0.1) is 12.8 Å². The van der Waals surface area contributed by atoms with E-state index in [-0.39, 0.29) is 36.2 Å². The summed E-state index contributed by atoms with van der Waals surface area (Å²) in [6.07, 6.45) is 1.08. The van der Waals surface area contributed by atoms with Crippen molar-refractivity contribution in [3.8, 4) is 5.75 Å². The van der Waals surface area contributed by atoms with Gasteiger partial charge in [0.1, 0.15) is 11.8 Å². The van der Waals surface area contributed by atoms with Gasteiger partial charge in [-0.1, -0.05) is 36.4 Å². The molecule has 0 bridgehead atoms. The molecule has 0 aromatic heterocycles. The SMILES string of the molecule is Cc1c(O)cccc1C(=O)NC(Cc1ccccc1)C(O)C(=O)N1CC(N)CC1C(=O)NCC1CC1. The molecule has 4 atom stereocenters. The number of phenolic OH excluding ortho intramolecular Hbond substituents is 1. The Kier molecular flexibility index (Phi) is 7.91. The molecule has 2 aromatic rings. The second kappa shape index (κ2) is 11.1. The van der Waals surface area contributed by atoms with Crippen molar-refractivity contribution in [1.82, 2.24) is 15.5 Å². The number of benzene rings is 2. The number of rotatable bonds is 9. The molecule has 2 aliphatic rings. The minimum absolute atomic E-state index is 0.0232. The van der Waals surface area contributed by atoms with E-state index < -0.39 is 30.0 Å². The number of phenols is 1. The second-order valence-corrected chi connectivity index (χ2v) is 9.85. The summed E-state index contributed by atoms with van der Waals surface area (Å²) in [6, 6.07) is 11.7. The van der Waals surface area contributed by atoms with Gasteiger partial charge in [0.05, 0.1) is 6.04 Å². The molecule has 192 valence electrons. The first-order chi connectivity index (χ1) is 17.2. The maximum Gasteiger partial charge on any atom is 0.254 e. The molecule has 4 rings (SSSR count). The number of carbonyl (C=O) groups excluding carboxylic acids is 3. The predicted octanol–water partition coefficient (Wildman–Crippen LogP) is 0.857. The fourth-order valence-electron chi connectivity index (χ4n) is 4.61. The van der Waals surface area contributed by atoms with E-state index in [1.807, 2.05) is 30.3 Å². The van der Waals surface area contributed by atoms with Crippen LogP contribution in [-0.2, 0) is 16.0 Å². The van der Waals surface area contributed by atoms with Crippen molar-refractivity contribution in [3.63, 3.8) is 0 Å². The second-order valence-electron chi connectivity index (χ2n) is 9.85. The third-order valence-electron chi connectivity index (χ3n) is 6.98. The van der Waals surface area contributed by atoms with Gasteiger partial charge in [-0.2, -0.15) is 0 Å². The van der Waals surface area contributed by atoms with Gasteiger partial charge in [0.2, 0.25) is 5.91 Å². The number of carbonyl (C=O) groups is 3. The van der Waals surface area contributed by atoms with Gasteiger partial charge in [0.25, 0.3) is 11.8 Å². The van der Waals surface area contributed by atoms with Crippen LogP contribution in [0.2, 0.25) is 0 Å². The van der Waals surface area contributed by atoms with Crippen LogP contribution >= 0.6 is 0 Å². The van der Waals surface area contributed by atoms with Crippen LogP contribution in [0.4, 0.5) is 0 Å². The van der Waals surface area contributed by atoms with Crippen molar-refractivity contribution >= 4 is 17.7 Å². The quantitative estimate of drug-likeness (QED) is 0.350. The highest BCUT2D eigenvalue weighted by Crippen LogP contribution is 2.28. The molecule has 0 radical (unpaired) electrons. The summed E-state index contributed by atoms with van der Waals surface area (Å²) in [6.45, 7) is 2.34. The fraction of sp³-hybridized carbons (Fsp3) is 0.444. The summed E-state index contributed by atoms with van der Waals surface area (Å²) in [4.78, 5) is 40.7. The van der Waals surface area contributed by atoms with Crippen LogP contribution in [0.25, 0.3) is 0 Å². The molecule has 1 heterocycles. The number of nitrogens with zero attached hydrogens (tertiary/aromatic N) is 1. The number of nitrogens with two attached hydrogens (primary N) is 1. The Balaban J connectivity index is 1.53. The lowest BCUT2D eigenvalue weighted by Gasteiger charge is -2.30. The maximum absolute atomic E-state index is 13.5. The normalized spacial score (nSPS) is 21.0. The molecule has 1 saturated carbocycles. The van der Waals surface area contributed by atoms with Gasteiger partial charge in [0.15, 0.2) is 6.10 Å². The molecular weight excluding hydrogens is 460 g/mol. The van der Waals surface area contributed by atoms with E-state index in [0.29, 0.717) is 24.4 Å². The van der Waals surface area contributed by atoms with Gasteiger partial charge in [0, 0.05) is 30.3 Å². The highest BCUT2D eigenvalue weighted by atomic mass is 16.3. The van der Waals surface area contributed by atoms with Crippen LogP contribution < -0.4 is 16.4 Å². The zero-order chi connectivity index (χ0) is 25.8. The van der Waals surface area contributed by atoms with E-state index in [9.17, 15) is 24.6 Å². The fourth-order valence-corrected chi connectivity index (χ4v) is 4.61. The molecule has 36 heavy (non-hydrogen) atoms. The molecule has 2 fully saturated rings. The maximum atomic E-state index is 13.5. The molecule has 9 heteroatoms. The standard InChI is InChI=1S/C27H34N4O5/c1-16-20(8-5-9-23(16)32)25(34)30-21(12-17-6-3-2-4-7-17)24(33)27(36)31-15-19(28)13-22(31)26(35)29-14-18-10-11-18/h2-9,18-19,21-22,24,32-33H,10-15,28H2,1H3,(H,29,35)(H,30,34). The van der Waals surface area contributed by atoms with Crippen molar-refractivity contribution in [3.05, 3.63) is 65.2 Å². The minimum atomic E-state index is -1.60. The Morgan fingerprint density at radius 3 is 2.53 bits per heavy atom. The van der Waals surface area contributed by atoms with Gasteiger partial charge in [-0.15, -0.1) is 0 Å². The van der Waals surface area contributed by atoms with Crippen molar-refractivity contribution in [2.75, 3.05) is 13.1 Å². The van der Waals surface area contributed by atoms with Crippen LogP contribution in [0.1, 0.15) is 40.7 Å². The number of nitrogens with one attached hydrogen (secondary N) is 2. The third-order valence-corrected chi connectivity index (χ3v) is 6.98. The summed E-state index contributed by atoms with van der Waals surface area (Å²) in [5.74, 6) is -0.971. The van der Waals surface area contributed by atoms with Gasteiger partial charge < -0.3 is 31.5 Å². The number of hydrogen-bond donors (Lipinski definition) is 5. The average Bonchev–Trinajstić information content (AvgIpc) is 3.62. The number of aromatic hydroxyl groups is 1. The molecule has 4 unspecified atom stereocenters. The average molecular weight is 495 g/mol. The Hall–Kier alpha value is -3.43. The smallest absolute Gasteiger partial charge is 0.254 e. The Bertz CT molecular complexity index is 1100. The van der Waals surface area contributed by atoms with Crippen LogP contribution in [0.3, 0.4) is 0 Å². The van der Waals surface area contributed by atoms with E-state index in [4.69, 9.17) is 5.73 Å². The summed E-state index contributed by atoms with van der Waals surface area (Å²) in [7, 11) is 0. The minimum Gasteiger partial charge on any atom is -0.508 e. The van der Waals surface area contributed by atoms with Crippen molar-refractivity contribution in [2.24, 2.45) is 11.7 Å². The molecule has 1 aliphatic carbocycles. The van der Waals surface area contributed by atoms with E-state index in [1.54, 1.807) is 19.1 Å². The summed E-state index contributed by atoms with van der Waals surface area (Å²) in [5.41, 5.74) is 7.56. The first-order valence-corrected chi connectivity index (χ1v) is 12.4. The Morgan fingerprint density at radius 1 is 1.11 bits per heavy atom. The Labute approximate surface area is 210 Å². The highest BCUT2D eigenvalue weighted by Gasteiger charge is 2.42. The number of aliphatic hydroxyl groups excluding tert-OH is 1. The molecule has 6 N–H and O–H groups in total. The molecular formula is C27H34N4O5. The first-order valence-electron chi connectivity index (χ1n) is 12.4. The third kappa shape index (κ3) is 6.03. The predicted molar refractivity (Wildman–Crippen MR) is 134 cm³/mol. The van der Waals surface area contributed by atoms with Gasteiger partial charge in [-0.3, -0.25) is 14.4 Å². The van der Waals surface area contributed by atoms with Gasteiger partial charge in [-0.05, 0) is 56.2 Å². The zero-order valence-corrected chi connectivity index (χ0v) is 20.4. The summed E-state index contributed by atoms with van der Waals surface area (Å²) < 4.78 is 0.